The first kappa shape index (κ1) is 18.4. The number of benzene rings is 2. The molecule has 1 aliphatic heterocycles. The standard InChI is InChI=1S/C22H19ClN2O3/c1-28-18-6-4-5-16(13-18)22(24-27)19-7-2-3-8-20(19)25(21(22)26)14-15-9-11-17(23)12-10-15/h2-9,11,13H,10,12,14H2,1H3. The highest BCUT2D eigenvalue weighted by Gasteiger charge is 2.54. The molecule has 0 saturated heterocycles. The number of halogens is 1. The number of para-hydroxylation sites is 1. The molecule has 4 rings (SSSR count). The summed E-state index contributed by atoms with van der Waals surface area (Å²) in [6.07, 6.45) is 5.34. The fraction of sp³-hybridized carbons (Fsp3) is 0.227. The number of ether oxygens (including phenoxy) is 1. The molecule has 0 aromatic heterocycles. The van der Waals surface area contributed by atoms with E-state index in [4.69, 9.17) is 16.3 Å². The van der Waals surface area contributed by atoms with Gasteiger partial charge in [0.25, 0.3) is 5.91 Å². The molecule has 1 heterocycles. The van der Waals surface area contributed by atoms with E-state index in [2.05, 4.69) is 5.18 Å². The molecule has 1 amide bonds. The SMILES string of the molecule is COc1cccc(C2(N=O)C(=O)N(CC3=CC=C(Cl)CC3)c3ccccc32)c1. The molecule has 0 radical (unpaired) electrons. The number of anilines is 1. The maximum atomic E-state index is 13.6. The van der Waals surface area contributed by atoms with Crippen molar-refractivity contribution in [3.05, 3.63) is 87.3 Å². The Hall–Kier alpha value is -2.92. The predicted octanol–water partition coefficient (Wildman–Crippen LogP) is 4.89. The topological polar surface area (TPSA) is 59.0 Å². The third-order valence-corrected chi connectivity index (χ3v) is 5.62. The molecule has 0 N–H and O–H groups in total. The lowest BCUT2D eigenvalue weighted by Crippen LogP contribution is -2.40. The van der Waals surface area contributed by atoms with Gasteiger partial charge in [-0.25, -0.2) is 0 Å². The molecular weight excluding hydrogens is 376 g/mol. The fourth-order valence-electron chi connectivity index (χ4n) is 3.85. The van der Waals surface area contributed by atoms with Gasteiger partial charge in [-0.3, -0.25) is 4.79 Å². The van der Waals surface area contributed by atoms with Crippen LogP contribution in [0.4, 0.5) is 5.69 Å². The number of hydrogen-bond acceptors (Lipinski definition) is 4. The Bertz CT molecular complexity index is 1010. The van der Waals surface area contributed by atoms with Crippen molar-refractivity contribution >= 4 is 23.2 Å². The second kappa shape index (κ2) is 7.24. The largest absolute Gasteiger partial charge is 0.497 e. The summed E-state index contributed by atoms with van der Waals surface area (Å²) in [5.41, 5.74) is 1.26. The van der Waals surface area contributed by atoms with Crippen LogP contribution in [0.15, 0.2) is 76.5 Å². The lowest BCUT2D eigenvalue weighted by atomic mass is 9.84. The van der Waals surface area contributed by atoms with Gasteiger partial charge < -0.3 is 9.64 Å². The highest BCUT2D eigenvalue weighted by molar-refractivity contribution is 6.29. The Balaban J connectivity index is 1.82. The lowest BCUT2D eigenvalue weighted by molar-refractivity contribution is -0.121. The van der Waals surface area contributed by atoms with Crippen LogP contribution in [0.1, 0.15) is 24.0 Å². The van der Waals surface area contributed by atoms with Gasteiger partial charge in [0.05, 0.1) is 12.8 Å². The van der Waals surface area contributed by atoms with Crippen LogP contribution in [0.5, 0.6) is 5.75 Å². The van der Waals surface area contributed by atoms with Crippen LogP contribution in [-0.4, -0.2) is 19.6 Å². The Morgan fingerprint density at radius 3 is 2.68 bits per heavy atom. The monoisotopic (exact) mass is 394 g/mol. The number of methoxy groups -OCH3 is 1. The molecule has 2 aromatic rings. The Kier molecular flexibility index (Phi) is 4.77. The predicted molar refractivity (Wildman–Crippen MR) is 110 cm³/mol. The highest BCUT2D eigenvalue weighted by atomic mass is 35.5. The van der Waals surface area contributed by atoms with Gasteiger partial charge in [-0.2, -0.15) is 0 Å². The van der Waals surface area contributed by atoms with Crippen molar-refractivity contribution in [1.29, 1.82) is 0 Å². The summed E-state index contributed by atoms with van der Waals surface area (Å²) >= 11 is 6.05. The number of amides is 1. The summed E-state index contributed by atoms with van der Waals surface area (Å²) in [5, 5.41) is 4.20. The van der Waals surface area contributed by atoms with Crippen LogP contribution < -0.4 is 9.64 Å². The van der Waals surface area contributed by atoms with Crippen molar-refractivity contribution in [2.75, 3.05) is 18.6 Å². The maximum absolute atomic E-state index is 13.6. The number of rotatable bonds is 5. The second-order valence-corrected chi connectivity index (χ2v) is 7.37. The first-order chi connectivity index (χ1) is 13.6. The smallest absolute Gasteiger partial charge is 0.268 e. The van der Waals surface area contributed by atoms with E-state index >= 15 is 0 Å². The minimum atomic E-state index is -1.62. The molecule has 142 valence electrons. The molecule has 0 fully saturated rings. The van der Waals surface area contributed by atoms with Crippen molar-refractivity contribution in [1.82, 2.24) is 0 Å². The van der Waals surface area contributed by atoms with E-state index in [-0.39, 0.29) is 5.91 Å². The van der Waals surface area contributed by atoms with Crippen molar-refractivity contribution < 1.29 is 9.53 Å². The number of carbonyl (C=O) groups excluding carboxylic acids is 1. The lowest BCUT2D eigenvalue weighted by Gasteiger charge is -2.24. The molecule has 1 atom stereocenters. The maximum Gasteiger partial charge on any atom is 0.268 e. The molecule has 1 unspecified atom stereocenters. The van der Waals surface area contributed by atoms with Crippen molar-refractivity contribution in [2.24, 2.45) is 5.18 Å². The van der Waals surface area contributed by atoms with E-state index in [1.165, 1.54) is 0 Å². The number of nitrogens with zero attached hydrogens (tertiary/aromatic N) is 2. The highest BCUT2D eigenvalue weighted by Crippen LogP contribution is 2.48. The summed E-state index contributed by atoms with van der Waals surface area (Å²) in [6.45, 7) is 0.401. The molecule has 0 saturated carbocycles. The van der Waals surface area contributed by atoms with E-state index in [0.717, 1.165) is 23.4 Å². The Morgan fingerprint density at radius 1 is 1.14 bits per heavy atom. The molecule has 5 nitrogen and oxygen atoms in total. The van der Waals surface area contributed by atoms with Crippen LogP contribution in [0, 0.1) is 4.91 Å². The zero-order valence-corrected chi connectivity index (χ0v) is 16.1. The van der Waals surface area contributed by atoms with E-state index < -0.39 is 5.54 Å². The number of hydrogen-bond donors (Lipinski definition) is 0. The van der Waals surface area contributed by atoms with Crippen molar-refractivity contribution in [3.8, 4) is 5.75 Å². The van der Waals surface area contributed by atoms with Gasteiger partial charge in [0.1, 0.15) is 5.75 Å². The van der Waals surface area contributed by atoms with Crippen molar-refractivity contribution in [2.45, 2.75) is 18.4 Å². The molecule has 1 aliphatic carbocycles. The van der Waals surface area contributed by atoms with Gasteiger partial charge in [-0.1, -0.05) is 53.6 Å². The Labute approximate surface area is 168 Å². The van der Waals surface area contributed by atoms with Crippen LogP contribution >= 0.6 is 11.6 Å². The molecule has 6 heteroatoms. The van der Waals surface area contributed by atoms with Crippen LogP contribution in [0.25, 0.3) is 0 Å². The van der Waals surface area contributed by atoms with E-state index in [0.29, 0.717) is 29.1 Å². The normalized spacial score (nSPS) is 21.1. The fourth-order valence-corrected chi connectivity index (χ4v) is 4.01. The minimum Gasteiger partial charge on any atom is -0.497 e. The Morgan fingerprint density at radius 2 is 1.96 bits per heavy atom. The molecule has 2 aromatic carbocycles. The second-order valence-electron chi connectivity index (χ2n) is 6.88. The zero-order chi connectivity index (χ0) is 19.7. The molecule has 0 spiro atoms. The van der Waals surface area contributed by atoms with Gasteiger partial charge in [-0.05, 0) is 42.3 Å². The average molecular weight is 395 g/mol. The van der Waals surface area contributed by atoms with Crippen molar-refractivity contribution in [3.63, 3.8) is 0 Å². The van der Waals surface area contributed by atoms with Crippen LogP contribution in [0.3, 0.4) is 0 Å². The zero-order valence-electron chi connectivity index (χ0n) is 15.4. The number of carbonyl (C=O) groups is 1. The van der Waals surface area contributed by atoms with Gasteiger partial charge in [0.15, 0.2) is 0 Å². The summed E-state index contributed by atoms with van der Waals surface area (Å²) in [7, 11) is 1.55. The van der Waals surface area contributed by atoms with E-state index in [1.807, 2.05) is 30.4 Å². The minimum absolute atomic E-state index is 0.349. The third-order valence-electron chi connectivity index (χ3n) is 5.31. The van der Waals surface area contributed by atoms with Gasteiger partial charge in [-0.15, -0.1) is 4.91 Å². The molecule has 28 heavy (non-hydrogen) atoms. The summed E-state index contributed by atoms with van der Waals surface area (Å²) < 4.78 is 5.29. The quantitative estimate of drug-likeness (QED) is 0.678. The average Bonchev–Trinajstić information content (AvgIpc) is 2.98. The molecular formula is C22H19ClN2O3. The number of nitroso groups, excluding NO2 is 1. The third kappa shape index (κ3) is 2.83. The van der Waals surface area contributed by atoms with Crippen LogP contribution in [0.2, 0.25) is 0 Å². The summed E-state index contributed by atoms with van der Waals surface area (Å²) in [4.78, 5) is 27.4. The van der Waals surface area contributed by atoms with E-state index in [9.17, 15) is 9.70 Å². The van der Waals surface area contributed by atoms with Crippen LogP contribution in [-0.2, 0) is 10.3 Å². The molecule has 2 aliphatic rings. The first-order valence-electron chi connectivity index (χ1n) is 9.05. The number of allylic oxidation sites excluding steroid dienone is 3. The van der Waals surface area contributed by atoms with Gasteiger partial charge in [0, 0.05) is 22.7 Å². The summed E-state index contributed by atoms with van der Waals surface area (Å²) in [6, 6.07) is 14.3. The number of fused-ring (bicyclic) bond motifs is 1. The summed E-state index contributed by atoms with van der Waals surface area (Å²) in [5.74, 6) is 0.220. The first-order valence-corrected chi connectivity index (χ1v) is 9.42. The molecule has 0 bridgehead atoms. The van der Waals surface area contributed by atoms with Gasteiger partial charge in [0.2, 0.25) is 5.54 Å². The van der Waals surface area contributed by atoms with Gasteiger partial charge >= 0.3 is 0 Å². The van der Waals surface area contributed by atoms with E-state index in [1.54, 1.807) is 42.3 Å².